The molecule has 2 heterocycles. The molecule has 0 bridgehead atoms. The van der Waals surface area contributed by atoms with Crippen LogP contribution in [-0.2, 0) is 16.0 Å². The topological polar surface area (TPSA) is 92.8 Å². The maximum absolute atomic E-state index is 12.0. The highest BCUT2D eigenvalue weighted by atomic mass is 127. The van der Waals surface area contributed by atoms with Gasteiger partial charge in [0.1, 0.15) is 0 Å². The molecule has 1 aromatic heterocycles. The number of ether oxygens (including phenoxy) is 1. The zero-order valence-electron chi connectivity index (χ0n) is 17.1. The van der Waals surface area contributed by atoms with Gasteiger partial charge in [0.2, 0.25) is 11.7 Å². The summed E-state index contributed by atoms with van der Waals surface area (Å²) >= 11 is 5.91. The summed E-state index contributed by atoms with van der Waals surface area (Å²) in [6.07, 6.45) is 2.34. The maximum atomic E-state index is 12.0. The van der Waals surface area contributed by atoms with E-state index in [0.717, 1.165) is 30.9 Å². The third kappa shape index (κ3) is 6.56. The fourth-order valence-corrected chi connectivity index (χ4v) is 3.43. The lowest BCUT2D eigenvalue weighted by Gasteiger charge is -2.33. The molecule has 1 atom stereocenters. The Morgan fingerprint density at radius 1 is 1.40 bits per heavy atom. The van der Waals surface area contributed by atoms with E-state index in [9.17, 15) is 4.79 Å². The van der Waals surface area contributed by atoms with Gasteiger partial charge in [0.15, 0.2) is 5.96 Å². The first-order chi connectivity index (χ1) is 14.1. The predicted octanol–water partition coefficient (Wildman–Crippen LogP) is 3.40. The van der Waals surface area contributed by atoms with Crippen molar-refractivity contribution in [3.8, 4) is 11.4 Å². The minimum atomic E-state index is -0.131. The number of likely N-dealkylation sites (tertiary alicyclic amines) is 1. The molecular formula is C20H27ClIN5O3. The zero-order valence-corrected chi connectivity index (χ0v) is 20.2. The van der Waals surface area contributed by atoms with Crippen molar-refractivity contribution in [3.05, 3.63) is 35.2 Å². The second-order valence-electron chi connectivity index (χ2n) is 6.78. The van der Waals surface area contributed by atoms with Crippen LogP contribution in [0, 0.1) is 5.92 Å². The van der Waals surface area contributed by atoms with E-state index in [-0.39, 0.29) is 35.9 Å². The second-order valence-corrected chi connectivity index (χ2v) is 7.22. The van der Waals surface area contributed by atoms with Gasteiger partial charge in [-0.1, -0.05) is 16.8 Å². The SMILES string of the molecule is CCOC(=O)C1CCCN(C(=NC)NCCc2nc(-c3ccc(Cl)cc3)no2)C1.I. The van der Waals surface area contributed by atoms with E-state index < -0.39 is 0 Å². The lowest BCUT2D eigenvalue weighted by molar-refractivity contribution is -0.149. The van der Waals surface area contributed by atoms with Gasteiger partial charge in [0.05, 0.1) is 12.5 Å². The summed E-state index contributed by atoms with van der Waals surface area (Å²) in [6, 6.07) is 7.29. The summed E-state index contributed by atoms with van der Waals surface area (Å²) in [6.45, 7) is 4.30. The first-order valence-electron chi connectivity index (χ1n) is 9.81. The van der Waals surface area contributed by atoms with E-state index in [0.29, 0.717) is 42.9 Å². The average Bonchev–Trinajstić information content (AvgIpc) is 3.21. The van der Waals surface area contributed by atoms with E-state index in [2.05, 4.69) is 25.3 Å². The van der Waals surface area contributed by atoms with Crippen LogP contribution in [0.3, 0.4) is 0 Å². The van der Waals surface area contributed by atoms with E-state index in [1.165, 1.54) is 0 Å². The number of hydrogen-bond acceptors (Lipinski definition) is 6. The Hall–Kier alpha value is -1.88. The number of aromatic nitrogens is 2. The molecule has 0 aliphatic carbocycles. The highest BCUT2D eigenvalue weighted by molar-refractivity contribution is 14.0. The van der Waals surface area contributed by atoms with Crippen LogP contribution in [-0.4, -0.2) is 60.3 Å². The fraction of sp³-hybridized carbons (Fsp3) is 0.500. The van der Waals surface area contributed by atoms with Gasteiger partial charge in [-0.25, -0.2) is 0 Å². The van der Waals surface area contributed by atoms with Gasteiger partial charge in [-0.15, -0.1) is 24.0 Å². The molecule has 10 heteroatoms. The largest absolute Gasteiger partial charge is 0.466 e. The highest BCUT2D eigenvalue weighted by Gasteiger charge is 2.28. The molecule has 1 fully saturated rings. The molecule has 1 aromatic carbocycles. The van der Waals surface area contributed by atoms with Crippen LogP contribution in [0.25, 0.3) is 11.4 Å². The molecule has 1 aliphatic rings. The molecule has 30 heavy (non-hydrogen) atoms. The summed E-state index contributed by atoms with van der Waals surface area (Å²) in [5, 5.41) is 8.00. The Labute approximate surface area is 198 Å². The molecule has 8 nitrogen and oxygen atoms in total. The highest BCUT2D eigenvalue weighted by Crippen LogP contribution is 2.19. The average molecular weight is 548 g/mol. The molecular weight excluding hydrogens is 521 g/mol. The lowest BCUT2D eigenvalue weighted by Crippen LogP contribution is -2.48. The number of hydrogen-bond donors (Lipinski definition) is 1. The van der Waals surface area contributed by atoms with Gasteiger partial charge in [0, 0.05) is 43.7 Å². The summed E-state index contributed by atoms with van der Waals surface area (Å²) in [5.74, 6) is 1.60. The number of piperidine rings is 1. The van der Waals surface area contributed by atoms with Crippen molar-refractivity contribution in [2.45, 2.75) is 26.2 Å². The van der Waals surface area contributed by atoms with Crippen LogP contribution in [0.15, 0.2) is 33.8 Å². The van der Waals surface area contributed by atoms with Gasteiger partial charge in [0.25, 0.3) is 0 Å². The van der Waals surface area contributed by atoms with Crippen molar-refractivity contribution >= 4 is 47.5 Å². The third-order valence-electron chi connectivity index (χ3n) is 4.75. The molecule has 164 valence electrons. The number of benzene rings is 1. The maximum Gasteiger partial charge on any atom is 0.310 e. The van der Waals surface area contributed by atoms with Crippen molar-refractivity contribution in [2.75, 3.05) is 33.3 Å². The number of halogens is 2. The number of rotatable bonds is 6. The van der Waals surface area contributed by atoms with Crippen LogP contribution in [0.4, 0.5) is 0 Å². The number of carbonyl (C=O) groups is 1. The quantitative estimate of drug-likeness (QED) is 0.256. The first-order valence-corrected chi connectivity index (χ1v) is 10.2. The van der Waals surface area contributed by atoms with Gasteiger partial charge in [-0.2, -0.15) is 4.98 Å². The van der Waals surface area contributed by atoms with Gasteiger partial charge >= 0.3 is 5.97 Å². The van der Waals surface area contributed by atoms with Crippen molar-refractivity contribution in [1.82, 2.24) is 20.4 Å². The number of nitrogens with one attached hydrogen (secondary N) is 1. The molecule has 0 saturated carbocycles. The monoisotopic (exact) mass is 547 g/mol. The smallest absolute Gasteiger partial charge is 0.310 e. The Morgan fingerprint density at radius 3 is 2.87 bits per heavy atom. The summed E-state index contributed by atoms with van der Waals surface area (Å²) < 4.78 is 10.5. The van der Waals surface area contributed by atoms with Gasteiger partial charge < -0.3 is 19.5 Å². The molecule has 1 unspecified atom stereocenters. The first kappa shape index (κ1) is 24.4. The molecule has 0 radical (unpaired) electrons. The lowest BCUT2D eigenvalue weighted by atomic mass is 9.98. The van der Waals surface area contributed by atoms with Crippen LogP contribution in [0.2, 0.25) is 5.02 Å². The van der Waals surface area contributed by atoms with Crippen molar-refractivity contribution in [2.24, 2.45) is 10.9 Å². The van der Waals surface area contributed by atoms with Gasteiger partial charge in [-0.3, -0.25) is 9.79 Å². The number of carbonyl (C=O) groups excluding carboxylic acids is 1. The summed E-state index contributed by atoms with van der Waals surface area (Å²) in [7, 11) is 1.74. The molecule has 2 aromatic rings. The fourth-order valence-electron chi connectivity index (χ4n) is 3.31. The number of aliphatic imine (C=N–C) groups is 1. The van der Waals surface area contributed by atoms with Gasteiger partial charge in [-0.05, 0) is 44.0 Å². The van der Waals surface area contributed by atoms with E-state index >= 15 is 0 Å². The minimum Gasteiger partial charge on any atom is -0.466 e. The Bertz CT molecular complexity index is 843. The Kier molecular flexibility index (Phi) is 9.83. The van der Waals surface area contributed by atoms with E-state index in [1.54, 1.807) is 19.2 Å². The second kappa shape index (κ2) is 12.1. The normalized spacial score (nSPS) is 16.7. The van der Waals surface area contributed by atoms with Crippen LogP contribution in [0.5, 0.6) is 0 Å². The molecule has 1 N–H and O–H groups in total. The van der Waals surface area contributed by atoms with Crippen LogP contribution < -0.4 is 5.32 Å². The third-order valence-corrected chi connectivity index (χ3v) is 5.00. The molecule has 1 saturated heterocycles. The number of guanidine groups is 1. The van der Waals surface area contributed by atoms with E-state index in [1.807, 2.05) is 19.1 Å². The van der Waals surface area contributed by atoms with Crippen LogP contribution in [0.1, 0.15) is 25.7 Å². The van der Waals surface area contributed by atoms with Crippen LogP contribution >= 0.6 is 35.6 Å². The number of nitrogens with zero attached hydrogens (tertiary/aromatic N) is 4. The summed E-state index contributed by atoms with van der Waals surface area (Å²) in [5.41, 5.74) is 0.853. The summed E-state index contributed by atoms with van der Waals surface area (Å²) in [4.78, 5) is 22.9. The Balaban J connectivity index is 0.00000320. The zero-order chi connectivity index (χ0) is 20.6. The van der Waals surface area contributed by atoms with Crippen molar-refractivity contribution in [1.29, 1.82) is 0 Å². The molecule has 3 rings (SSSR count). The molecule has 1 aliphatic heterocycles. The van der Waals surface area contributed by atoms with Crippen molar-refractivity contribution < 1.29 is 14.1 Å². The van der Waals surface area contributed by atoms with Crippen molar-refractivity contribution in [3.63, 3.8) is 0 Å². The minimum absolute atomic E-state index is 0. The predicted molar refractivity (Wildman–Crippen MR) is 126 cm³/mol. The standard InChI is InChI=1S/C20H26ClN5O3.HI/c1-3-28-19(27)15-5-4-12-26(13-15)20(22-2)23-11-10-17-24-18(25-29-17)14-6-8-16(21)9-7-14;/h6-9,15H,3-5,10-13H2,1-2H3,(H,22,23);1H. The Morgan fingerprint density at radius 2 is 2.17 bits per heavy atom. The van der Waals surface area contributed by atoms with E-state index in [4.69, 9.17) is 20.9 Å². The molecule has 0 spiro atoms. The molecule has 0 amide bonds. The number of esters is 1.